The molecule has 1 aromatic heterocycles. The van der Waals surface area contributed by atoms with Crippen LogP contribution >= 0.6 is 0 Å². The van der Waals surface area contributed by atoms with Crippen LogP contribution in [0.1, 0.15) is 29.5 Å². The van der Waals surface area contributed by atoms with Gasteiger partial charge in [-0.3, -0.25) is 0 Å². The van der Waals surface area contributed by atoms with Crippen LogP contribution in [0.15, 0.2) is 47.1 Å². The number of benzene rings is 1. The first kappa shape index (κ1) is 13.2. The molecule has 0 aliphatic carbocycles. The van der Waals surface area contributed by atoms with Crippen LogP contribution in [0, 0.1) is 0 Å². The number of rotatable bonds is 6. The van der Waals surface area contributed by atoms with Gasteiger partial charge in [-0.2, -0.15) is 0 Å². The van der Waals surface area contributed by atoms with Crippen molar-refractivity contribution in [1.82, 2.24) is 0 Å². The van der Waals surface area contributed by atoms with E-state index >= 15 is 0 Å². The van der Waals surface area contributed by atoms with E-state index in [1.54, 1.807) is 18.4 Å². The first-order chi connectivity index (χ1) is 9.29. The van der Waals surface area contributed by atoms with Gasteiger partial charge in [-0.15, -0.1) is 0 Å². The van der Waals surface area contributed by atoms with Crippen molar-refractivity contribution in [2.45, 2.75) is 19.9 Å². The van der Waals surface area contributed by atoms with Crippen molar-refractivity contribution in [2.24, 2.45) is 0 Å². The van der Waals surface area contributed by atoms with Crippen molar-refractivity contribution in [3.05, 3.63) is 54.0 Å². The predicted octanol–water partition coefficient (Wildman–Crippen LogP) is 3.46. The molecule has 0 aliphatic rings. The molecule has 100 valence electrons. The quantitative estimate of drug-likeness (QED) is 0.807. The van der Waals surface area contributed by atoms with Crippen LogP contribution in [0.5, 0.6) is 0 Å². The van der Waals surface area contributed by atoms with Crippen LogP contribution in [-0.2, 0) is 11.3 Å². The van der Waals surface area contributed by atoms with E-state index in [4.69, 9.17) is 9.15 Å². The highest BCUT2D eigenvalue weighted by molar-refractivity contribution is 5.89. The summed E-state index contributed by atoms with van der Waals surface area (Å²) in [7, 11) is 0. The second kappa shape index (κ2) is 6.64. The molecule has 0 bridgehead atoms. The third-order valence-electron chi connectivity index (χ3n) is 2.60. The summed E-state index contributed by atoms with van der Waals surface area (Å²) >= 11 is 0. The number of hydrogen-bond donors (Lipinski definition) is 1. The van der Waals surface area contributed by atoms with Crippen molar-refractivity contribution < 1.29 is 13.9 Å². The Hall–Kier alpha value is -2.23. The average molecular weight is 259 g/mol. The van der Waals surface area contributed by atoms with Gasteiger partial charge in [0.1, 0.15) is 5.76 Å². The van der Waals surface area contributed by atoms with E-state index in [-0.39, 0.29) is 5.97 Å². The summed E-state index contributed by atoms with van der Waals surface area (Å²) in [5.74, 6) is 0.589. The molecule has 0 aliphatic heterocycles. The van der Waals surface area contributed by atoms with Gasteiger partial charge in [0.2, 0.25) is 0 Å². The Balaban J connectivity index is 1.89. The van der Waals surface area contributed by atoms with Crippen molar-refractivity contribution in [3.63, 3.8) is 0 Å². The van der Waals surface area contributed by atoms with Crippen LogP contribution in [0.2, 0.25) is 0 Å². The predicted molar refractivity (Wildman–Crippen MR) is 73.1 cm³/mol. The summed E-state index contributed by atoms with van der Waals surface area (Å²) in [6.07, 6.45) is 2.47. The smallest absolute Gasteiger partial charge is 0.338 e. The third kappa shape index (κ3) is 3.88. The molecule has 0 saturated carbocycles. The minimum atomic E-state index is -0.278. The number of anilines is 1. The summed E-state index contributed by atoms with van der Waals surface area (Å²) in [6.45, 7) is 3.04. The highest BCUT2D eigenvalue weighted by Gasteiger charge is 2.06. The van der Waals surface area contributed by atoms with Gasteiger partial charge in [-0.25, -0.2) is 4.79 Å². The molecular weight excluding hydrogens is 242 g/mol. The Bertz CT molecular complexity index is 503. The molecule has 4 nitrogen and oxygen atoms in total. The molecule has 0 fully saturated rings. The Labute approximate surface area is 112 Å². The van der Waals surface area contributed by atoms with Gasteiger partial charge in [-0.05, 0) is 42.8 Å². The maximum absolute atomic E-state index is 11.6. The second-order valence-electron chi connectivity index (χ2n) is 4.15. The number of esters is 1. The molecule has 0 spiro atoms. The number of ether oxygens (including phenoxy) is 1. The number of nitrogens with one attached hydrogen (secondary N) is 1. The Morgan fingerprint density at radius 1 is 1.26 bits per heavy atom. The molecule has 0 amide bonds. The number of furan rings is 1. The van der Waals surface area contributed by atoms with Crippen LogP contribution in [0.3, 0.4) is 0 Å². The largest absolute Gasteiger partial charge is 0.467 e. The highest BCUT2D eigenvalue weighted by atomic mass is 16.5. The minimum absolute atomic E-state index is 0.278. The van der Waals surface area contributed by atoms with E-state index in [9.17, 15) is 4.79 Å². The summed E-state index contributed by atoms with van der Waals surface area (Å²) < 4.78 is 10.3. The molecule has 2 aromatic rings. The van der Waals surface area contributed by atoms with E-state index in [2.05, 4.69) is 5.32 Å². The van der Waals surface area contributed by atoms with Gasteiger partial charge in [0.15, 0.2) is 0 Å². The Morgan fingerprint density at radius 3 is 2.68 bits per heavy atom. The lowest BCUT2D eigenvalue weighted by Crippen LogP contribution is -2.06. The molecule has 0 unspecified atom stereocenters. The molecule has 0 saturated heterocycles. The molecule has 0 radical (unpaired) electrons. The number of hydrogen-bond acceptors (Lipinski definition) is 4. The fraction of sp³-hybridized carbons (Fsp3) is 0.267. The van der Waals surface area contributed by atoms with Gasteiger partial charge in [0.25, 0.3) is 0 Å². The van der Waals surface area contributed by atoms with Crippen molar-refractivity contribution in [3.8, 4) is 0 Å². The maximum Gasteiger partial charge on any atom is 0.338 e. The van der Waals surface area contributed by atoms with Crippen LogP contribution in [0.25, 0.3) is 0 Å². The summed E-state index contributed by atoms with van der Waals surface area (Å²) in [5, 5.41) is 3.21. The van der Waals surface area contributed by atoms with Crippen LogP contribution in [0.4, 0.5) is 5.69 Å². The Kier molecular flexibility index (Phi) is 4.61. The summed E-state index contributed by atoms with van der Waals surface area (Å²) in [5.41, 5.74) is 1.50. The molecule has 1 aromatic carbocycles. The zero-order valence-electron chi connectivity index (χ0n) is 10.9. The topological polar surface area (TPSA) is 51.5 Å². The molecular formula is C15H17NO3. The zero-order chi connectivity index (χ0) is 13.5. The Morgan fingerprint density at radius 2 is 2.05 bits per heavy atom. The monoisotopic (exact) mass is 259 g/mol. The van der Waals surface area contributed by atoms with E-state index in [1.165, 1.54) is 0 Å². The maximum atomic E-state index is 11.6. The van der Waals surface area contributed by atoms with Crippen molar-refractivity contribution >= 4 is 11.7 Å². The lowest BCUT2D eigenvalue weighted by atomic mass is 10.2. The first-order valence-corrected chi connectivity index (χ1v) is 6.33. The SMILES string of the molecule is CCCOC(=O)c1ccc(NCc2ccco2)cc1. The normalized spacial score (nSPS) is 10.2. The molecule has 4 heteroatoms. The molecule has 1 heterocycles. The van der Waals surface area contributed by atoms with Gasteiger partial charge in [0, 0.05) is 5.69 Å². The van der Waals surface area contributed by atoms with Crippen molar-refractivity contribution in [2.75, 3.05) is 11.9 Å². The zero-order valence-corrected chi connectivity index (χ0v) is 10.9. The third-order valence-corrected chi connectivity index (χ3v) is 2.60. The summed E-state index contributed by atoms with van der Waals surface area (Å²) in [4.78, 5) is 11.6. The standard InChI is InChI=1S/C15H17NO3/c1-2-9-19-15(17)12-5-7-13(8-6-12)16-11-14-4-3-10-18-14/h3-8,10,16H,2,9,11H2,1H3. The van der Waals surface area contributed by atoms with E-state index in [0.29, 0.717) is 18.7 Å². The summed E-state index contributed by atoms with van der Waals surface area (Å²) in [6, 6.07) is 11.0. The van der Waals surface area contributed by atoms with Gasteiger partial charge >= 0.3 is 5.97 Å². The second-order valence-corrected chi connectivity index (χ2v) is 4.15. The van der Waals surface area contributed by atoms with Crippen molar-refractivity contribution in [1.29, 1.82) is 0 Å². The van der Waals surface area contributed by atoms with E-state index < -0.39 is 0 Å². The van der Waals surface area contributed by atoms with E-state index in [0.717, 1.165) is 17.9 Å². The fourth-order valence-corrected chi connectivity index (χ4v) is 1.60. The van der Waals surface area contributed by atoms with Crippen LogP contribution < -0.4 is 5.32 Å². The highest BCUT2D eigenvalue weighted by Crippen LogP contribution is 2.12. The van der Waals surface area contributed by atoms with Gasteiger partial charge in [-0.1, -0.05) is 6.92 Å². The number of carbonyl (C=O) groups is 1. The van der Waals surface area contributed by atoms with Gasteiger partial charge in [0.05, 0.1) is 25.0 Å². The molecule has 19 heavy (non-hydrogen) atoms. The van der Waals surface area contributed by atoms with Crippen LogP contribution in [-0.4, -0.2) is 12.6 Å². The first-order valence-electron chi connectivity index (χ1n) is 6.33. The lowest BCUT2D eigenvalue weighted by molar-refractivity contribution is 0.0505. The minimum Gasteiger partial charge on any atom is -0.467 e. The van der Waals surface area contributed by atoms with E-state index in [1.807, 2.05) is 31.2 Å². The average Bonchev–Trinajstić information content (AvgIpc) is 2.96. The fourth-order valence-electron chi connectivity index (χ4n) is 1.60. The molecule has 0 atom stereocenters. The molecule has 1 N–H and O–H groups in total. The number of carbonyl (C=O) groups excluding carboxylic acids is 1. The van der Waals surface area contributed by atoms with Gasteiger partial charge < -0.3 is 14.5 Å². The molecule has 2 rings (SSSR count). The lowest BCUT2D eigenvalue weighted by Gasteiger charge is -2.06.